The van der Waals surface area contributed by atoms with Crippen LogP contribution in [0.4, 0.5) is 0 Å². The summed E-state index contributed by atoms with van der Waals surface area (Å²) in [5, 5.41) is 0.813. The van der Waals surface area contributed by atoms with Gasteiger partial charge in [0.15, 0.2) is 0 Å². The lowest BCUT2D eigenvalue weighted by atomic mass is 10.2. The van der Waals surface area contributed by atoms with E-state index in [0.717, 1.165) is 0 Å². The van der Waals surface area contributed by atoms with Crippen molar-refractivity contribution in [3.05, 3.63) is 68.1 Å². The van der Waals surface area contributed by atoms with Gasteiger partial charge in [-0.1, -0.05) is 39.1 Å². The quantitative estimate of drug-likeness (QED) is 0.769. The van der Waals surface area contributed by atoms with Gasteiger partial charge in [-0.05, 0) is 42.5 Å². The fourth-order valence-corrected chi connectivity index (χ4v) is 2.22. The zero-order valence-electron chi connectivity index (χ0n) is 10.5. The van der Waals surface area contributed by atoms with Crippen LogP contribution >= 0.6 is 39.1 Å². The number of rotatable bonds is 2. The van der Waals surface area contributed by atoms with Crippen LogP contribution in [-0.4, -0.2) is 11.8 Å². The Hall–Kier alpha value is -1.56. The average Bonchev–Trinajstić information content (AvgIpc) is 2.47. The number of hydrogen-bond donors (Lipinski definition) is 2. The first-order valence-corrected chi connectivity index (χ1v) is 7.33. The molecule has 2 amide bonds. The summed E-state index contributed by atoms with van der Waals surface area (Å²) in [6.07, 6.45) is 0. The zero-order valence-corrected chi connectivity index (χ0v) is 13.6. The van der Waals surface area contributed by atoms with E-state index in [1.165, 1.54) is 0 Å². The SMILES string of the molecule is O=C(NNC(=O)c1cc(Br)ccc1Cl)c1ccc(Cl)cc1. The molecule has 108 valence electrons. The standard InChI is InChI=1S/C14H9BrCl2N2O2/c15-9-3-6-12(17)11(7-9)14(21)19-18-13(20)8-1-4-10(16)5-2-8/h1-7H,(H,18,20)(H,19,21). The topological polar surface area (TPSA) is 58.2 Å². The van der Waals surface area contributed by atoms with Crippen LogP contribution < -0.4 is 10.9 Å². The Morgan fingerprint density at radius 2 is 1.52 bits per heavy atom. The van der Waals surface area contributed by atoms with Gasteiger partial charge >= 0.3 is 0 Å². The van der Waals surface area contributed by atoms with Crippen LogP contribution in [0.3, 0.4) is 0 Å². The van der Waals surface area contributed by atoms with Gasteiger partial charge in [-0.2, -0.15) is 0 Å². The summed E-state index contributed by atoms with van der Waals surface area (Å²) in [5.74, 6) is -0.963. The molecule has 0 unspecified atom stereocenters. The summed E-state index contributed by atoms with van der Waals surface area (Å²) in [6.45, 7) is 0. The van der Waals surface area contributed by atoms with Crippen LogP contribution in [0.2, 0.25) is 10.0 Å². The van der Waals surface area contributed by atoms with Crippen molar-refractivity contribution < 1.29 is 9.59 Å². The van der Waals surface area contributed by atoms with E-state index in [1.54, 1.807) is 42.5 Å². The number of benzene rings is 2. The molecule has 0 spiro atoms. The molecule has 0 aliphatic heterocycles. The van der Waals surface area contributed by atoms with Crippen LogP contribution in [0.5, 0.6) is 0 Å². The van der Waals surface area contributed by atoms with E-state index < -0.39 is 11.8 Å². The number of hydrazine groups is 1. The predicted molar refractivity (Wildman–Crippen MR) is 85.5 cm³/mol. The molecule has 2 aromatic rings. The van der Waals surface area contributed by atoms with Gasteiger partial charge in [0.2, 0.25) is 0 Å². The maximum Gasteiger partial charge on any atom is 0.271 e. The van der Waals surface area contributed by atoms with Crippen LogP contribution in [0.25, 0.3) is 0 Å². The molecule has 0 aromatic heterocycles. The zero-order chi connectivity index (χ0) is 15.4. The third-order valence-corrected chi connectivity index (χ3v) is 3.64. The van der Waals surface area contributed by atoms with Crippen molar-refractivity contribution in [1.29, 1.82) is 0 Å². The third-order valence-electron chi connectivity index (χ3n) is 2.57. The van der Waals surface area contributed by atoms with Crippen LogP contribution in [0.15, 0.2) is 46.9 Å². The molecular formula is C14H9BrCl2N2O2. The van der Waals surface area contributed by atoms with Gasteiger partial charge in [-0.25, -0.2) is 0 Å². The van der Waals surface area contributed by atoms with Crippen molar-refractivity contribution >= 4 is 50.9 Å². The Balaban J connectivity index is 2.02. The van der Waals surface area contributed by atoms with Gasteiger partial charge in [0.25, 0.3) is 11.8 Å². The van der Waals surface area contributed by atoms with E-state index >= 15 is 0 Å². The molecule has 2 aromatic carbocycles. The minimum Gasteiger partial charge on any atom is -0.267 e. The smallest absolute Gasteiger partial charge is 0.267 e. The van der Waals surface area contributed by atoms with Crippen molar-refractivity contribution in [3.8, 4) is 0 Å². The lowest BCUT2D eigenvalue weighted by Gasteiger charge is -2.09. The van der Waals surface area contributed by atoms with E-state index in [9.17, 15) is 9.59 Å². The van der Waals surface area contributed by atoms with E-state index in [1.807, 2.05) is 0 Å². The van der Waals surface area contributed by atoms with Gasteiger partial charge < -0.3 is 0 Å². The second kappa shape index (κ2) is 6.93. The molecule has 0 heterocycles. The Morgan fingerprint density at radius 1 is 0.905 bits per heavy atom. The Labute approximate surface area is 139 Å². The maximum absolute atomic E-state index is 12.0. The summed E-state index contributed by atoms with van der Waals surface area (Å²) in [7, 11) is 0. The highest BCUT2D eigenvalue weighted by Gasteiger charge is 2.12. The summed E-state index contributed by atoms with van der Waals surface area (Å²) in [5.41, 5.74) is 5.24. The monoisotopic (exact) mass is 386 g/mol. The first kappa shape index (κ1) is 15.8. The molecular weight excluding hydrogens is 379 g/mol. The molecule has 2 N–H and O–H groups in total. The maximum atomic E-state index is 12.0. The Bertz CT molecular complexity index is 690. The molecule has 0 radical (unpaired) electrons. The number of carbonyl (C=O) groups is 2. The molecule has 0 aliphatic rings. The highest BCUT2D eigenvalue weighted by Crippen LogP contribution is 2.20. The molecule has 2 rings (SSSR count). The number of nitrogens with one attached hydrogen (secondary N) is 2. The van der Waals surface area contributed by atoms with Crippen LogP contribution in [0.1, 0.15) is 20.7 Å². The van der Waals surface area contributed by atoms with Crippen molar-refractivity contribution in [3.63, 3.8) is 0 Å². The van der Waals surface area contributed by atoms with E-state index in [0.29, 0.717) is 15.1 Å². The second-order valence-electron chi connectivity index (χ2n) is 4.04. The fraction of sp³-hybridized carbons (Fsp3) is 0. The van der Waals surface area contributed by atoms with Gasteiger partial charge in [-0.3, -0.25) is 20.4 Å². The third kappa shape index (κ3) is 4.20. The van der Waals surface area contributed by atoms with E-state index in [4.69, 9.17) is 23.2 Å². The molecule has 0 saturated carbocycles. The van der Waals surface area contributed by atoms with Crippen molar-refractivity contribution in [1.82, 2.24) is 10.9 Å². The summed E-state index contributed by atoms with van der Waals surface area (Å²) >= 11 is 14.9. The highest BCUT2D eigenvalue weighted by molar-refractivity contribution is 9.10. The van der Waals surface area contributed by atoms with Gasteiger partial charge in [0, 0.05) is 15.1 Å². The van der Waals surface area contributed by atoms with E-state index in [2.05, 4.69) is 26.8 Å². The molecule has 21 heavy (non-hydrogen) atoms. The van der Waals surface area contributed by atoms with Crippen molar-refractivity contribution in [2.75, 3.05) is 0 Å². The van der Waals surface area contributed by atoms with Crippen LogP contribution in [0, 0.1) is 0 Å². The minimum atomic E-state index is -0.511. The number of carbonyl (C=O) groups excluding carboxylic acids is 2. The summed E-state index contributed by atoms with van der Waals surface area (Å²) < 4.78 is 0.709. The number of amides is 2. The highest BCUT2D eigenvalue weighted by atomic mass is 79.9. The molecule has 0 atom stereocenters. The predicted octanol–water partition coefficient (Wildman–Crippen LogP) is 3.83. The van der Waals surface area contributed by atoms with Gasteiger partial charge in [-0.15, -0.1) is 0 Å². The average molecular weight is 388 g/mol. The fourth-order valence-electron chi connectivity index (χ4n) is 1.53. The normalized spacial score (nSPS) is 10.0. The lowest BCUT2D eigenvalue weighted by Crippen LogP contribution is -2.41. The first-order valence-electron chi connectivity index (χ1n) is 5.78. The molecule has 7 heteroatoms. The van der Waals surface area contributed by atoms with Crippen molar-refractivity contribution in [2.24, 2.45) is 0 Å². The number of hydrogen-bond acceptors (Lipinski definition) is 2. The molecule has 0 aliphatic carbocycles. The van der Waals surface area contributed by atoms with Gasteiger partial charge in [0.05, 0.1) is 10.6 Å². The van der Waals surface area contributed by atoms with Crippen molar-refractivity contribution in [2.45, 2.75) is 0 Å². The second-order valence-corrected chi connectivity index (χ2v) is 5.80. The minimum absolute atomic E-state index is 0.252. The lowest BCUT2D eigenvalue weighted by molar-refractivity contribution is 0.0846. The van der Waals surface area contributed by atoms with E-state index in [-0.39, 0.29) is 10.6 Å². The molecule has 0 saturated heterocycles. The van der Waals surface area contributed by atoms with Crippen LogP contribution in [-0.2, 0) is 0 Å². The largest absolute Gasteiger partial charge is 0.271 e. The molecule has 0 bridgehead atoms. The molecule has 0 fully saturated rings. The Morgan fingerprint density at radius 3 is 2.19 bits per heavy atom. The molecule has 4 nitrogen and oxygen atoms in total. The summed E-state index contributed by atoms with van der Waals surface area (Å²) in [6, 6.07) is 11.1. The van der Waals surface area contributed by atoms with Gasteiger partial charge in [0.1, 0.15) is 0 Å². The summed E-state index contributed by atoms with van der Waals surface area (Å²) in [4.78, 5) is 23.8. The Kier molecular flexibility index (Phi) is 5.22. The number of halogens is 3. The first-order chi connectivity index (χ1) is 9.97.